The molecule has 2 heterocycles. The lowest BCUT2D eigenvalue weighted by Gasteiger charge is -2.32. The lowest BCUT2D eigenvalue weighted by Crippen LogP contribution is -2.42. The molecule has 4 rings (SSSR count). The molecule has 0 bridgehead atoms. The van der Waals surface area contributed by atoms with E-state index in [1.165, 1.54) is 0 Å². The number of ether oxygens (including phenoxy) is 1. The van der Waals surface area contributed by atoms with Gasteiger partial charge in [0.2, 0.25) is 5.91 Å². The summed E-state index contributed by atoms with van der Waals surface area (Å²) >= 11 is 0. The Balaban J connectivity index is 1.27. The number of hydrogen-bond acceptors (Lipinski definition) is 3. The summed E-state index contributed by atoms with van der Waals surface area (Å²) in [6.07, 6.45) is 6.52. The molecule has 140 valence electrons. The van der Waals surface area contributed by atoms with Gasteiger partial charge in [-0.2, -0.15) is 0 Å². The Hall–Kier alpha value is -2.04. The minimum atomic E-state index is 0.121. The molecule has 5 heteroatoms. The highest BCUT2D eigenvalue weighted by molar-refractivity contribution is 5.94. The fourth-order valence-corrected chi connectivity index (χ4v) is 4.00. The molecule has 2 aliphatic heterocycles. The maximum absolute atomic E-state index is 12.4. The molecular weight excluding hydrogens is 328 g/mol. The maximum atomic E-state index is 12.4. The Morgan fingerprint density at radius 3 is 2.31 bits per heavy atom. The lowest BCUT2D eigenvalue weighted by atomic mass is 9.98. The van der Waals surface area contributed by atoms with Crippen molar-refractivity contribution in [3.63, 3.8) is 0 Å². The standard InChI is InChI=1S/C21H28N2O3/c24-20(22-11-1-2-12-22)18-7-9-19(10-8-18)26-15-16-4-3-13-23(14-16)21(25)17-5-6-17/h7-10,16-17H,1-6,11-15H2. The minimum absolute atomic E-state index is 0.121. The summed E-state index contributed by atoms with van der Waals surface area (Å²) < 4.78 is 5.95. The Labute approximate surface area is 155 Å². The Bertz CT molecular complexity index is 648. The SMILES string of the molecule is O=C(c1ccc(OCC2CCCN(C(=O)C3CC3)C2)cc1)N1CCCC1. The van der Waals surface area contributed by atoms with Gasteiger partial charge in [0.15, 0.2) is 0 Å². The molecule has 1 aromatic rings. The average Bonchev–Trinajstić information content (AvgIpc) is 3.40. The molecular formula is C21H28N2O3. The summed E-state index contributed by atoms with van der Waals surface area (Å²) in [5, 5.41) is 0. The van der Waals surface area contributed by atoms with E-state index in [1.807, 2.05) is 34.1 Å². The van der Waals surface area contributed by atoms with Crippen LogP contribution < -0.4 is 4.74 Å². The van der Waals surface area contributed by atoms with E-state index in [0.717, 1.165) is 76.0 Å². The van der Waals surface area contributed by atoms with Crippen LogP contribution >= 0.6 is 0 Å². The minimum Gasteiger partial charge on any atom is -0.493 e. The number of nitrogens with zero attached hydrogens (tertiary/aromatic N) is 2. The lowest BCUT2D eigenvalue weighted by molar-refractivity contribution is -0.134. The number of rotatable bonds is 5. The van der Waals surface area contributed by atoms with E-state index in [4.69, 9.17) is 4.74 Å². The van der Waals surface area contributed by atoms with Gasteiger partial charge in [-0.3, -0.25) is 9.59 Å². The van der Waals surface area contributed by atoms with Crippen LogP contribution in [0, 0.1) is 11.8 Å². The zero-order valence-corrected chi connectivity index (χ0v) is 15.4. The van der Waals surface area contributed by atoms with Crippen LogP contribution in [0.15, 0.2) is 24.3 Å². The second kappa shape index (κ2) is 7.68. The number of amides is 2. The molecule has 2 amide bonds. The van der Waals surface area contributed by atoms with Crippen LogP contribution in [0.3, 0.4) is 0 Å². The van der Waals surface area contributed by atoms with Crippen molar-refractivity contribution in [2.45, 2.75) is 38.5 Å². The predicted molar refractivity (Wildman–Crippen MR) is 99.1 cm³/mol. The first-order valence-electron chi connectivity index (χ1n) is 10.0. The van der Waals surface area contributed by atoms with E-state index in [9.17, 15) is 9.59 Å². The number of benzene rings is 1. The fourth-order valence-electron chi connectivity index (χ4n) is 4.00. The first kappa shape index (κ1) is 17.4. The van der Waals surface area contributed by atoms with Crippen molar-refractivity contribution >= 4 is 11.8 Å². The molecule has 0 N–H and O–H groups in total. The van der Waals surface area contributed by atoms with Crippen molar-refractivity contribution in [3.8, 4) is 5.75 Å². The van der Waals surface area contributed by atoms with Crippen molar-refractivity contribution in [1.82, 2.24) is 9.80 Å². The number of carbonyl (C=O) groups excluding carboxylic acids is 2. The zero-order valence-electron chi connectivity index (χ0n) is 15.4. The highest BCUT2D eigenvalue weighted by atomic mass is 16.5. The van der Waals surface area contributed by atoms with Crippen LogP contribution in [0.25, 0.3) is 0 Å². The van der Waals surface area contributed by atoms with E-state index in [1.54, 1.807) is 0 Å². The maximum Gasteiger partial charge on any atom is 0.253 e. The van der Waals surface area contributed by atoms with Crippen molar-refractivity contribution in [1.29, 1.82) is 0 Å². The van der Waals surface area contributed by atoms with Crippen molar-refractivity contribution in [2.75, 3.05) is 32.8 Å². The molecule has 1 aromatic carbocycles. The van der Waals surface area contributed by atoms with Gasteiger partial charge in [0.1, 0.15) is 5.75 Å². The highest BCUT2D eigenvalue weighted by Crippen LogP contribution is 2.32. The van der Waals surface area contributed by atoms with Crippen molar-refractivity contribution < 1.29 is 14.3 Å². The number of likely N-dealkylation sites (tertiary alicyclic amines) is 2. The average molecular weight is 356 g/mol. The quantitative estimate of drug-likeness (QED) is 0.815. The molecule has 3 aliphatic rings. The topological polar surface area (TPSA) is 49.9 Å². The molecule has 3 fully saturated rings. The Morgan fingerprint density at radius 1 is 0.923 bits per heavy atom. The van der Waals surface area contributed by atoms with E-state index in [-0.39, 0.29) is 5.91 Å². The van der Waals surface area contributed by atoms with E-state index in [0.29, 0.717) is 24.3 Å². The summed E-state index contributed by atoms with van der Waals surface area (Å²) in [4.78, 5) is 28.6. The van der Waals surface area contributed by atoms with Crippen LogP contribution in [0.4, 0.5) is 0 Å². The van der Waals surface area contributed by atoms with Gasteiger partial charge >= 0.3 is 0 Å². The summed E-state index contributed by atoms with van der Waals surface area (Å²) in [5.74, 6) is 1.97. The molecule has 0 spiro atoms. The van der Waals surface area contributed by atoms with Gasteiger partial charge in [-0.25, -0.2) is 0 Å². The summed E-state index contributed by atoms with van der Waals surface area (Å²) in [7, 11) is 0. The van der Waals surface area contributed by atoms with E-state index >= 15 is 0 Å². The third kappa shape index (κ3) is 4.02. The molecule has 1 saturated carbocycles. The molecule has 0 aromatic heterocycles. The fraction of sp³-hybridized carbons (Fsp3) is 0.619. The summed E-state index contributed by atoms with van der Waals surface area (Å²) in [5.41, 5.74) is 0.734. The van der Waals surface area contributed by atoms with Crippen LogP contribution in [0.5, 0.6) is 5.75 Å². The Kier molecular flexibility index (Phi) is 5.14. The van der Waals surface area contributed by atoms with Gasteiger partial charge in [-0.05, 0) is 62.8 Å². The Morgan fingerprint density at radius 2 is 1.62 bits per heavy atom. The first-order valence-corrected chi connectivity index (χ1v) is 10.0. The second-order valence-corrected chi connectivity index (χ2v) is 7.90. The predicted octanol–water partition coefficient (Wildman–Crippen LogP) is 2.95. The van der Waals surface area contributed by atoms with Gasteiger partial charge in [0.25, 0.3) is 5.91 Å². The van der Waals surface area contributed by atoms with Crippen molar-refractivity contribution in [3.05, 3.63) is 29.8 Å². The molecule has 5 nitrogen and oxygen atoms in total. The molecule has 1 aliphatic carbocycles. The molecule has 1 unspecified atom stereocenters. The normalized spacial score (nSPS) is 23.2. The summed E-state index contributed by atoms with van der Waals surface area (Å²) in [6.45, 7) is 4.09. The van der Waals surface area contributed by atoms with Gasteiger partial charge < -0.3 is 14.5 Å². The monoisotopic (exact) mass is 356 g/mol. The number of piperidine rings is 1. The molecule has 1 atom stereocenters. The zero-order chi connectivity index (χ0) is 17.9. The van der Waals surface area contributed by atoms with Crippen LogP contribution in [-0.2, 0) is 4.79 Å². The van der Waals surface area contributed by atoms with Gasteiger partial charge in [-0.15, -0.1) is 0 Å². The van der Waals surface area contributed by atoms with Gasteiger partial charge in [-0.1, -0.05) is 0 Å². The first-order chi connectivity index (χ1) is 12.7. The van der Waals surface area contributed by atoms with Crippen LogP contribution in [0.2, 0.25) is 0 Å². The molecule has 26 heavy (non-hydrogen) atoms. The molecule has 0 radical (unpaired) electrons. The second-order valence-electron chi connectivity index (χ2n) is 7.90. The van der Waals surface area contributed by atoms with Crippen molar-refractivity contribution in [2.24, 2.45) is 11.8 Å². The third-order valence-electron chi connectivity index (χ3n) is 5.74. The number of carbonyl (C=O) groups is 2. The summed E-state index contributed by atoms with van der Waals surface area (Å²) in [6, 6.07) is 7.50. The van der Waals surface area contributed by atoms with Crippen LogP contribution in [-0.4, -0.2) is 54.4 Å². The van der Waals surface area contributed by atoms with Gasteiger partial charge in [0, 0.05) is 43.6 Å². The van der Waals surface area contributed by atoms with Crippen LogP contribution in [0.1, 0.15) is 48.9 Å². The van der Waals surface area contributed by atoms with Gasteiger partial charge in [0.05, 0.1) is 6.61 Å². The smallest absolute Gasteiger partial charge is 0.253 e. The highest BCUT2D eigenvalue weighted by Gasteiger charge is 2.35. The number of hydrogen-bond donors (Lipinski definition) is 0. The van der Waals surface area contributed by atoms with E-state index < -0.39 is 0 Å². The largest absolute Gasteiger partial charge is 0.493 e. The molecule has 2 saturated heterocycles. The van der Waals surface area contributed by atoms with E-state index in [2.05, 4.69) is 0 Å². The third-order valence-corrected chi connectivity index (χ3v) is 5.74.